The summed E-state index contributed by atoms with van der Waals surface area (Å²) in [7, 11) is -1.52. The normalized spacial score (nSPS) is 14.7. The van der Waals surface area contributed by atoms with Gasteiger partial charge in [0.2, 0.25) is 0 Å². The molecular weight excluding hydrogens is 353 g/mol. The van der Waals surface area contributed by atoms with Crippen LogP contribution in [0.15, 0.2) is 24.5 Å². The van der Waals surface area contributed by atoms with Gasteiger partial charge in [0, 0.05) is 25.8 Å². The molecule has 1 aromatic carbocycles. The van der Waals surface area contributed by atoms with Crippen LogP contribution in [0, 0.1) is 0 Å². The van der Waals surface area contributed by atoms with Gasteiger partial charge in [0.25, 0.3) is 0 Å². The molecule has 3 rings (SSSR count). The number of aromatic nitrogens is 2. The van der Waals surface area contributed by atoms with Crippen molar-refractivity contribution in [1.82, 2.24) is 15.1 Å². The second kappa shape index (κ2) is 8.42. The SMILES string of the molecule is O=C(O)c1c(OC2CN(CCc3cn[nH]c3)C2)ccc(CCB(O)O)c1O. The lowest BCUT2D eigenvalue weighted by Gasteiger charge is -2.39. The highest BCUT2D eigenvalue weighted by molar-refractivity contribution is 6.41. The first-order chi connectivity index (χ1) is 12.9. The zero-order valence-electron chi connectivity index (χ0n) is 14.7. The number of carboxylic acid groups (broad SMARTS) is 1. The zero-order valence-corrected chi connectivity index (χ0v) is 14.7. The second-order valence-corrected chi connectivity index (χ2v) is 6.63. The molecule has 0 unspecified atom stereocenters. The van der Waals surface area contributed by atoms with Gasteiger partial charge in [-0.3, -0.25) is 10.00 Å². The van der Waals surface area contributed by atoms with Gasteiger partial charge in [-0.05, 0) is 36.4 Å². The largest absolute Gasteiger partial charge is 0.507 e. The molecule has 0 atom stereocenters. The Bertz CT molecular complexity index is 777. The number of phenols is 1. The Kier molecular flexibility index (Phi) is 5.99. The standard InChI is InChI=1S/C17H22BN3O6/c22-16-12(3-5-18(25)26)1-2-14(15(16)17(23)24)27-13-9-21(10-13)6-4-11-7-19-20-8-11/h1-2,7-8,13,22,25-26H,3-6,9-10H2,(H,19,20)(H,23,24). The highest BCUT2D eigenvalue weighted by atomic mass is 16.5. The van der Waals surface area contributed by atoms with E-state index in [2.05, 4.69) is 15.1 Å². The molecule has 1 fully saturated rings. The number of nitrogens with zero attached hydrogens (tertiary/aromatic N) is 2. The van der Waals surface area contributed by atoms with Gasteiger partial charge in [-0.1, -0.05) is 6.07 Å². The molecule has 9 nitrogen and oxygen atoms in total. The van der Waals surface area contributed by atoms with Crippen molar-refractivity contribution in [2.45, 2.75) is 25.3 Å². The number of benzene rings is 1. The predicted octanol–water partition coefficient (Wildman–Crippen LogP) is 0.134. The first-order valence-corrected chi connectivity index (χ1v) is 8.75. The average Bonchev–Trinajstić information content (AvgIpc) is 3.08. The van der Waals surface area contributed by atoms with E-state index in [1.54, 1.807) is 12.3 Å². The molecule has 0 aliphatic carbocycles. The Morgan fingerprint density at radius 1 is 1.33 bits per heavy atom. The van der Waals surface area contributed by atoms with Crippen molar-refractivity contribution in [1.29, 1.82) is 0 Å². The van der Waals surface area contributed by atoms with Crippen LogP contribution in [0.3, 0.4) is 0 Å². The molecule has 144 valence electrons. The highest BCUT2D eigenvalue weighted by Gasteiger charge is 2.30. The number of hydrogen-bond acceptors (Lipinski definition) is 7. The van der Waals surface area contributed by atoms with E-state index in [1.165, 1.54) is 6.07 Å². The van der Waals surface area contributed by atoms with Crippen molar-refractivity contribution in [2.75, 3.05) is 19.6 Å². The van der Waals surface area contributed by atoms with Crippen LogP contribution in [0.2, 0.25) is 6.32 Å². The lowest BCUT2D eigenvalue weighted by Crippen LogP contribution is -2.54. The molecule has 1 aliphatic heterocycles. The zero-order chi connectivity index (χ0) is 19.4. The summed E-state index contributed by atoms with van der Waals surface area (Å²) in [6.45, 7) is 2.21. The summed E-state index contributed by atoms with van der Waals surface area (Å²) in [6, 6.07) is 3.06. The summed E-state index contributed by atoms with van der Waals surface area (Å²) in [6.07, 6.45) is 4.52. The minimum absolute atomic E-state index is 0.00106. The number of likely N-dealkylation sites (tertiary alicyclic amines) is 1. The number of H-pyrrole nitrogens is 1. The molecular formula is C17H22BN3O6. The van der Waals surface area contributed by atoms with E-state index in [9.17, 15) is 15.0 Å². The third-order valence-electron chi connectivity index (χ3n) is 4.60. The Labute approximate surface area is 156 Å². The minimum Gasteiger partial charge on any atom is -0.507 e. The average molecular weight is 375 g/mol. The number of ether oxygens (including phenoxy) is 1. The Morgan fingerprint density at radius 2 is 2.11 bits per heavy atom. The Balaban J connectivity index is 1.58. The van der Waals surface area contributed by atoms with Crippen LogP contribution in [0.5, 0.6) is 11.5 Å². The van der Waals surface area contributed by atoms with Gasteiger partial charge in [-0.25, -0.2) is 4.79 Å². The molecule has 1 saturated heterocycles. The Hall–Kier alpha value is -2.56. The fourth-order valence-corrected chi connectivity index (χ4v) is 3.07. The van der Waals surface area contributed by atoms with E-state index < -0.39 is 18.8 Å². The summed E-state index contributed by atoms with van der Waals surface area (Å²) < 4.78 is 5.77. The summed E-state index contributed by atoms with van der Waals surface area (Å²) in [4.78, 5) is 13.8. The van der Waals surface area contributed by atoms with Gasteiger partial charge < -0.3 is 25.0 Å². The van der Waals surface area contributed by atoms with Gasteiger partial charge >= 0.3 is 13.1 Å². The molecule has 0 saturated carbocycles. The molecule has 27 heavy (non-hydrogen) atoms. The van der Waals surface area contributed by atoms with Crippen LogP contribution < -0.4 is 4.74 Å². The first kappa shape index (κ1) is 19.2. The van der Waals surface area contributed by atoms with Gasteiger partial charge in [0.1, 0.15) is 23.2 Å². The van der Waals surface area contributed by atoms with Gasteiger partial charge in [-0.15, -0.1) is 0 Å². The van der Waals surface area contributed by atoms with E-state index in [0.717, 1.165) is 18.5 Å². The minimum atomic E-state index is -1.52. The number of carbonyl (C=O) groups is 1. The fourth-order valence-electron chi connectivity index (χ4n) is 3.07. The molecule has 0 spiro atoms. The van der Waals surface area contributed by atoms with Crippen molar-refractivity contribution in [2.24, 2.45) is 0 Å². The monoisotopic (exact) mass is 375 g/mol. The smallest absolute Gasteiger partial charge is 0.451 e. The molecule has 0 amide bonds. The maximum atomic E-state index is 11.6. The van der Waals surface area contributed by atoms with Gasteiger partial charge in [-0.2, -0.15) is 5.10 Å². The first-order valence-electron chi connectivity index (χ1n) is 8.75. The van der Waals surface area contributed by atoms with E-state index in [0.29, 0.717) is 18.7 Å². The number of hydrogen-bond donors (Lipinski definition) is 5. The number of rotatable bonds is 9. The van der Waals surface area contributed by atoms with Gasteiger partial charge in [0.05, 0.1) is 6.20 Å². The van der Waals surface area contributed by atoms with Crippen LogP contribution in [0.4, 0.5) is 0 Å². The Morgan fingerprint density at radius 3 is 2.74 bits per heavy atom. The molecule has 0 bridgehead atoms. The molecule has 10 heteroatoms. The highest BCUT2D eigenvalue weighted by Crippen LogP contribution is 2.33. The third kappa shape index (κ3) is 4.79. The van der Waals surface area contributed by atoms with Crippen LogP contribution >= 0.6 is 0 Å². The number of aromatic hydroxyl groups is 1. The van der Waals surface area contributed by atoms with E-state index in [1.807, 2.05) is 6.20 Å². The maximum Gasteiger partial charge on any atom is 0.451 e. The number of nitrogens with one attached hydrogen (secondary N) is 1. The number of aromatic amines is 1. The van der Waals surface area contributed by atoms with Crippen molar-refractivity contribution in [3.63, 3.8) is 0 Å². The van der Waals surface area contributed by atoms with Crippen LogP contribution in [0.1, 0.15) is 21.5 Å². The van der Waals surface area contributed by atoms with E-state index in [-0.39, 0.29) is 30.2 Å². The van der Waals surface area contributed by atoms with Crippen molar-refractivity contribution < 1.29 is 29.8 Å². The third-order valence-corrected chi connectivity index (χ3v) is 4.60. The van der Waals surface area contributed by atoms with Crippen molar-refractivity contribution in [3.05, 3.63) is 41.2 Å². The van der Waals surface area contributed by atoms with Crippen LogP contribution in [0.25, 0.3) is 0 Å². The number of aryl methyl sites for hydroxylation is 1. The number of carboxylic acids is 1. The molecule has 1 aromatic heterocycles. The molecule has 2 aromatic rings. The van der Waals surface area contributed by atoms with E-state index >= 15 is 0 Å². The summed E-state index contributed by atoms with van der Waals surface area (Å²) in [5.74, 6) is -1.56. The number of aromatic carboxylic acids is 1. The molecule has 5 N–H and O–H groups in total. The summed E-state index contributed by atoms with van der Waals surface area (Å²) in [5.41, 5.74) is 1.17. The quantitative estimate of drug-likeness (QED) is 0.390. The van der Waals surface area contributed by atoms with Crippen LogP contribution in [-0.4, -0.2) is 74.2 Å². The summed E-state index contributed by atoms with van der Waals surface area (Å²) in [5, 5.41) is 44.3. The second-order valence-electron chi connectivity index (χ2n) is 6.63. The van der Waals surface area contributed by atoms with E-state index in [4.69, 9.17) is 14.8 Å². The van der Waals surface area contributed by atoms with Gasteiger partial charge in [0.15, 0.2) is 0 Å². The topological polar surface area (TPSA) is 139 Å². The maximum absolute atomic E-state index is 11.6. The van der Waals surface area contributed by atoms with Crippen molar-refractivity contribution in [3.8, 4) is 11.5 Å². The lowest BCUT2D eigenvalue weighted by molar-refractivity contribution is 0.0196. The van der Waals surface area contributed by atoms with Crippen LogP contribution in [-0.2, 0) is 12.8 Å². The van der Waals surface area contributed by atoms with Crippen molar-refractivity contribution >= 4 is 13.1 Å². The fraction of sp³-hybridized carbons (Fsp3) is 0.412. The predicted molar refractivity (Wildman–Crippen MR) is 96.9 cm³/mol. The summed E-state index contributed by atoms with van der Waals surface area (Å²) >= 11 is 0. The lowest BCUT2D eigenvalue weighted by atomic mass is 9.82. The molecule has 2 heterocycles. The molecule has 0 radical (unpaired) electrons. The molecule has 1 aliphatic rings.